The standard InChI is InChI=1S/C16H22F2N2O4/c1-22-13-5-2-4-12(14(13)24-16(17)18)15(21)19-6-3-7-20-8-10-23-11-9-20/h2,4-5,16H,3,6-11H2,1H3,(H,19,21). The van der Waals surface area contributed by atoms with E-state index in [4.69, 9.17) is 9.47 Å². The molecule has 0 radical (unpaired) electrons. The monoisotopic (exact) mass is 344 g/mol. The lowest BCUT2D eigenvalue weighted by Crippen LogP contribution is -2.38. The summed E-state index contributed by atoms with van der Waals surface area (Å²) in [6, 6.07) is 4.45. The summed E-state index contributed by atoms with van der Waals surface area (Å²) in [6.45, 7) is 1.49. The summed E-state index contributed by atoms with van der Waals surface area (Å²) in [5.41, 5.74) is 0.0287. The minimum atomic E-state index is -3.03. The van der Waals surface area contributed by atoms with E-state index in [0.717, 1.165) is 39.3 Å². The smallest absolute Gasteiger partial charge is 0.387 e. The molecular formula is C16H22F2N2O4. The van der Waals surface area contributed by atoms with Crippen molar-refractivity contribution in [3.63, 3.8) is 0 Å². The Bertz CT molecular complexity index is 537. The third kappa shape index (κ3) is 5.31. The van der Waals surface area contributed by atoms with Crippen molar-refractivity contribution < 1.29 is 27.8 Å². The van der Waals surface area contributed by atoms with Crippen molar-refractivity contribution in [2.75, 3.05) is 46.5 Å². The minimum Gasteiger partial charge on any atom is -0.493 e. The zero-order chi connectivity index (χ0) is 17.4. The lowest BCUT2D eigenvalue weighted by atomic mass is 10.1. The van der Waals surface area contributed by atoms with Gasteiger partial charge in [0.05, 0.1) is 25.9 Å². The highest BCUT2D eigenvalue weighted by Crippen LogP contribution is 2.32. The molecular weight excluding hydrogens is 322 g/mol. The van der Waals surface area contributed by atoms with E-state index >= 15 is 0 Å². The van der Waals surface area contributed by atoms with Gasteiger partial charge in [-0.15, -0.1) is 0 Å². The van der Waals surface area contributed by atoms with Crippen LogP contribution in [0, 0.1) is 0 Å². The molecule has 0 bridgehead atoms. The fourth-order valence-corrected chi connectivity index (χ4v) is 2.49. The second-order valence-electron chi connectivity index (χ2n) is 5.28. The van der Waals surface area contributed by atoms with Crippen LogP contribution in [-0.4, -0.2) is 63.9 Å². The summed E-state index contributed by atoms with van der Waals surface area (Å²) in [6.07, 6.45) is 0.765. The number of methoxy groups -OCH3 is 1. The average Bonchev–Trinajstić information content (AvgIpc) is 2.59. The first-order valence-electron chi connectivity index (χ1n) is 7.82. The summed E-state index contributed by atoms with van der Waals surface area (Å²) >= 11 is 0. The van der Waals surface area contributed by atoms with Gasteiger partial charge in [0.25, 0.3) is 5.91 Å². The van der Waals surface area contributed by atoms with Crippen LogP contribution in [0.1, 0.15) is 16.8 Å². The van der Waals surface area contributed by atoms with Gasteiger partial charge in [-0.25, -0.2) is 0 Å². The molecule has 0 atom stereocenters. The predicted octanol–water partition coefficient (Wildman–Crippen LogP) is 1.75. The van der Waals surface area contributed by atoms with Crippen molar-refractivity contribution in [2.45, 2.75) is 13.0 Å². The first kappa shape index (κ1) is 18.4. The molecule has 1 fully saturated rings. The number of carbonyl (C=O) groups is 1. The van der Waals surface area contributed by atoms with Gasteiger partial charge in [-0.1, -0.05) is 6.07 Å². The van der Waals surface area contributed by atoms with E-state index in [-0.39, 0.29) is 17.1 Å². The number of amides is 1. The highest BCUT2D eigenvalue weighted by Gasteiger charge is 2.20. The number of benzene rings is 1. The lowest BCUT2D eigenvalue weighted by molar-refractivity contribution is -0.0515. The number of nitrogens with zero attached hydrogens (tertiary/aromatic N) is 1. The Hall–Kier alpha value is -1.93. The van der Waals surface area contributed by atoms with Gasteiger partial charge in [0.15, 0.2) is 11.5 Å². The molecule has 1 aliphatic rings. The number of nitrogens with one attached hydrogen (secondary N) is 1. The molecule has 1 aromatic carbocycles. The molecule has 0 aliphatic carbocycles. The van der Waals surface area contributed by atoms with Crippen molar-refractivity contribution >= 4 is 5.91 Å². The molecule has 1 amide bonds. The van der Waals surface area contributed by atoms with Gasteiger partial charge in [0.2, 0.25) is 0 Å². The largest absolute Gasteiger partial charge is 0.493 e. The SMILES string of the molecule is COc1cccc(C(=O)NCCCN2CCOCC2)c1OC(F)F. The van der Waals surface area contributed by atoms with Gasteiger partial charge < -0.3 is 19.5 Å². The van der Waals surface area contributed by atoms with Crippen LogP contribution >= 0.6 is 0 Å². The second kappa shape index (κ2) is 9.39. The number of rotatable bonds is 8. The first-order valence-corrected chi connectivity index (χ1v) is 7.82. The molecule has 8 heteroatoms. The van der Waals surface area contributed by atoms with E-state index in [1.54, 1.807) is 6.07 Å². The summed E-state index contributed by atoms with van der Waals surface area (Å²) < 4.78 is 39.8. The van der Waals surface area contributed by atoms with Crippen LogP contribution in [0.15, 0.2) is 18.2 Å². The highest BCUT2D eigenvalue weighted by molar-refractivity contribution is 5.97. The molecule has 1 N–H and O–H groups in total. The van der Waals surface area contributed by atoms with Crippen molar-refractivity contribution in [3.8, 4) is 11.5 Å². The van der Waals surface area contributed by atoms with Gasteiger partial charge in [-0.2, -0.15) is 8.78 Å². The minimum absolute atomic E-state index is 0.0287. The lowest BCUT2D eigenvalue weighted by Gasteiger charge is -2.26. The molecule has 1 aromatic rings. The molecule has 2 rings (SSSR count). The highest BCUT2D eigenvalue weighted by atomic mass is 19.3. The molecule has 0 aromatic heterocycles. The molecule has 1 aliphatic heterocycles. The summed E-state index contributed by atoms with van der Waals surface area (Å²) in [7, 11) is 1.33. The molecule has 0 unspecified atom stereocenters. The Kier molecular flexibility index (Phi) is 7.20. The normalized spacial score (nSPS) is 15.3. The number of ether oxygens (including phenoxy) is 3. The van der Waals surface area contributed by atoms with Gasteiger partial charge in [0, 0.05) is 19.6 Å². The third-order valence-corrected chi connectivity index (χ3v) is 3.69. The number of halogens is 2. The fraction of sp³-hybridized carbons (Fsp3) is 0.562. The van der Waals surface area contributed by atoms with E-state index in [1.165, 1.54) is 19.2 Å². The topological polar surface area (TPSA) is 60.0 Å². The van der Waals surface area contributed by atoms with Crippen molar-refractivity contribution in [1.29, 1.82) is 0 Å². The Balaban J connectivity index is 1.89. The first-order chi connectivity index (χ1) is 11.6. The van der Waals surface area contributed by atoms with Gasteiger partial charge in [-0.05, 0) is 25.1 Å². The van der Waals surface area contributed by atoms with E-state index in [0.29, 0.717) is 6.54 Å². The van der Waals surface area contributed by atoms with E-state index < -0.39 is 12.5 Å². The molecule has 1 saturated heterocycles. The number of alkyl halides is 2. The number of carbonyl (C=O) groups excluding carboxylic acids is 1. The number of para-hydroxylation sites is 1. The maximum absolute atomic E-state index is 12.6. The third-order valence-electron chi connectivity index (χ3n) is 3.69. The molecule has 0 spiro atoms. The van der Waals surface area contributed by atoms with Crippen molar-refractivity contribution in [3.05, 3.63) is 23.8 Å². The molecule has 6 nitrogen and oxygen atoms in total. The summed E-state index contributed by atoms with van der Waals surface area (Å²) in [5, 5.41) is 2.73. The van der Waals surface area contributed by atoms with E-state index in [1.807, 2.05) is 0 Å². The maximum atomic E-state index is 12.6. The van der Waals surface area contributed by atoms with Crippen LogP contribution < -0.4 is 14.8 Å². The fourth-order valence-electron chi connectivity index (χ4n) is 2.49. The van der Waals surface area contributed by atoms with Crippen molar-refractivity contribution in [2.24, 2.45) is 0 Å². The van der Waals surface area contributed by atoms with Crippen LogP contribution in [0.2, 0.25) is 0 Å². The van der Waals surface area contributed by atoms with Crippen LogP contribution in [0.5, 0.6) is 11.5 Å². The zero-order valence-corrected chi connectivity index (χ0v) is 13.6. The Morgan fingerprint density at radius 2 is 2.12 bits per heavy atom. The number of hydrogen-bond acceptors (Lipinski definition) is 5. The van der Waals surface area contributed by atoms with Crippen molar-refractivity contribution in [1.82, 2.24) is 10.2 Å². The Morgan fingerprint density at radius 3 is 2.79 bits per heavy atom. The Labute approximate surface area is 139 Å². The van der Waals surface area contributed by atoms with Gasteiger partial charge in [-0.3, -0.25) is 9.69 Å². The second-order valence-corrected chi connectivity index (χ2v) is 5.28. The van der Waals surface area contributed by atoms with E-state index in [2.05, 4.69) is 15.0 Å². The molecule has 0 saturated carbocycles. The number of hydrogen-bond donors (Lipinski definition) is 1. The molecule has 134 valence electrons. The van der Waals surface area contributed by atoms with Crippen LogP contribution in [0.25, 0.3) is 0 Å². The van der Waals surface area contributed by atoms with Crippen LogP contribution in [0.3, 0.4) is 0 Å². The maximum Gasteiger partial charge on any atom is 0.387 e. The van der Waals surface area contributed by atoms with Gasteiger partial charge in [0.1, 0.15) is 0 Å². The quantitative estimate of drug-likeness (QED) is 0.728. The molecule has 24 heavy (non-hydrogen) atoms. The predicted molar refractivity (Wildman–Crippen MR) is 83.8 cm³/mol. The average molecular weight is 344 g/mol. The Morgan fingerprint density at radius 1 is 1.38 bits per heavy atom. The van der Waals surface area contributed by atoms with E-state index in [9.17, 15) is 13.6 Å². The zero-order valence-electron chi connectivity index (χ0n) is 13.6. The van der Waals surface area contributed by atoms with Crippen LogP contribution in [-0.2, 0) is 4.74 Å². The van der Waals surface area contributed by atoms with Crippen LogP contribution in [0.4, 0.5) is 8.78 Å². The summed E-state index contributed by atoms with van der Waals surface area (Å²) in [5.74, 6) is -0.622. The summed E-state index contributed by atoms with van der Waals surface area (Å²) in [4.78, 5) is 14.5. The number of morpholine rings is 1. The molecule has 1 heterocycles. The van der Waals surface area contributed by atoms with Gasteiger partial charge >= 0.3 is 6.61 Å².